The van der Waals surface area contributed by atoms with Crippen LogP contribution in [-0.4, -0.2) is 16.6 Å². The van der Waals surface area contributed by atoms with Gasteiger partial charge in [0.25, 0.3) is 0 Å². The molecule has 13 heavy (non-hydrogen) atoms. The van der Waals surface area contributed by atoms with Crippen LogP contribution in [0.2, 0.25) is 5.02 Å². The molecule has 0 atom stereocenters. The van der Waals surface area contributed by atoms with Gasteiger partial charge < -0.3 is 5.11 Å². The van der Waals surface area contributed by atoms with E-state index in [1.54, 1.807) is 6.07 Å². The molecule has 0 amide bonds. The average Bonchev–Trinajstić information content (AvgIpc) is 2.07. The highest BCUT2D eigenvalue weighted by atomic mass is 35.5. The molecule has 1 aliphatic rings. The number of carbonyl (C=O) groups excluding carboxylic acids is 1. The molecule has 0 fully saturated rings. The highest BCUT2D eigenvalue weighted by molar-refractivity contribution is 7.99. The molecule has 4 heteroatoms. The highest BCUT2D eigenvalue weighted by Gasteiger charge is 2.21. The second-order valence-electron chi connectivity index (χ2n) is 2.82. The number of rotatable bonds is 0. The first kappa shape index (κ1) is 8.91. The summed E-state index contributed by atoms with van der Waals surface area (Å²) in [5.74, 6) is 0.910. The lowest BCUT2D eigenvalue weighted by atomic mass is 10.1. The fourth-order valence-corrected chi connectivity index (χ4v) is 2.56. The van der Waals surface area contributed by atoms with Gasteiger partial charge >= 0.3 is 0 Å². The van der Waals surface area contributed by atoms with Crippen molar-refractivity contribution < 1.29 is 9.90 Å². The molecule has 0 spiro atoms. The number of hydrogen-bond acceptors (Lipinski definition) is 3. The molecule has 2 nitrogen and oxygen atoms in total. The SMILES string of the molecule is O=C1CCSc2c(O)cc(Cl)cc21. The van der Waals surface area contributed by atoms with E-state index in [0.717, 1.165) is 5.75 Å². The molecule has 0 bridgehead atoms. The zero-order valence-corrected chi connectivity index (χ0v) is 8.28. The maximum Gasteiger partial charge on any atom is 0.165 e. The summed E-state index contributed by atoms with van der Waals surface area (Å²) in [5.41, 5.74) is 0.557. The second kappa shape index (κ2) is 3.24. The first-order chi connectivity index (χ1) is 6.18. The number of Topliss-reactive ketones (excluding diaryl/α,β-unsaturated/α-hetero) is 1. The van der Waals surface area contributed by atoms with Crippen molar-refractivity contribution in [2.45, 2.75) is 11.3 Å². The summed E-state index contributed by atoms with van der Waals surface area (Å²) in [7, 11) is 0. The third-order valence-electron chi connectivity index (χ3n) is 1.91. The van der Waals surface area contributed by atoms with E-state index in [9.17, 15) is 9.90 Å². The summed E-state index contributed by atoms with van der Waals surface area (Å²) in [6, 6.07) is 3.08. The molecule has 2 rings (SSSR count). The summed E-state index contributed by atoms with van der Waals surface area (Å²) in [5, 5.41) is 9.91. The van der Waals surface area contributed by atoms with Crippen molar-refractivity contribution in [2.24, 2.45) is 0 Å². The minimum absolute atomic E-state index is 0.0616. The monoisotopic (exact) mass is 214 g/mol. The normalized spacial score (nSPS) is 15.6. The molecule has 1 aromatic rings. The van der Waals surface area contributed by atoms with Crippen LogP contribution in [0, 0.1) is 0 Å². The lowest BCUT2D eigenvalue weighted by Gasteiger charge is -2.15. The van der Waals surface area contributed by atoms with Crippen LogP contribution in [0.25, 0.3) is 0 Å². The van der Waals surface area contributed by atoms with Gasteiger partial charge in [-0.25, -0.2) is 0 Å². The molecule has 0 saturated heterocycles. The molecular formula is C9H7ClO2S. The number of thioether (sulfide) groups is 1. The van der Waals surface area contributed by atoms with E-state index in [1.807, 2.05) is 0 Å². The Morgan fingerprint density at radius 1 is 1.46 bits per heavy atom. The Balaban J connectivity index is 2.63. The minimum atomic E-state index is 0.0616. The molecule has 1 N–H and O–H groups in total. The van der Waals surface area contributed by atoms with E-state index in [2.05, 4.69) is 0 Å². The van der Waals surface area contributed by atoms with Crippen LogP contribution in [0.15, 0.2) is 17.0 Å². The van der Waals surface area contributed by atoms with Crippen molar-refractivity contribution >= 4 is 29.1 Å². The lowest BCUT2D eigenvalue weighted by Crippen LogP contribution is -2.07. The maximum atomic E-state index is 11.4. The van der Waals surface area contributed by atoms with Crippen LogP contribution < -0.4 is 0 Å². The molecule has 0 aliphatic carbocycles. The third-order valence-corrected chi connectivity index (χ3v) is 3.25. The number of benzene rings is 1. The molecular weight excluding hydrogens is 208 g/mol. The number of fused-ring (bicyclic) bond motifs is 1. The van der Waals surface area contributed by atoms with Crippen molar-refractivity contribution in [3.8, 4) is 5.75 Å². The minimum Gasteiger partial charge on any atom is -0.507 e. The topological polar surface area (TPSA) is 37.3 Å². The number of aromatic hydroxyl groups is 1. The van der Waals surface area contributed by atoms with Gasteiger partial charge in [0, 0.05) is 22.8 Å². The molecule has 0 unspecified atom stereocenters. The van der Waals surface area contributed by atoms with Gasteiger partial charge in [-0.15, -0.1) is 11.8 Å². The van der Waals surface area contributed by atoms with E-state index < -0.39 is 0 Å². The molecule has 0 radical (unpaired) electrons. The lowest BCUT2D eigenvalue weighted by molar-refractivity contribution is 0.0984. The first-order valence-corrected chi connectivity index (χ1v) is 5.23. The summed E-state index contributed by atoms with van der Waals surface area (Å²) in [6.45, 7) is 0. The standard InChI is InChI=1S/C9H7ClO2S/c10-5-3-6-7(11)1-2-13-9(6)8(12)4-5/h3-4,12H,1-2H2. The fourth-order valence-electron chi connectivity index (χ4n) is 1.32. The quantitative estimate of drug-likeness (QED) is 0.722. The Hall–Kier alpha value is -0.670. The third kappa shape index (κ3) is 1.54. The van der Waals surface area contributed by atoms with Crippen molar-refractivity contribution in [1.82, 2.24) is 0 Å². The van der Waals surface area contributed by atoms with Crippen LogP contribution in [-0.2, 0) is 0 Å². The van der Waals surface area contributed by atoms with Crippen LogP contribution >= 0.6 is 23.4 Å². The predicted molar refractivity (Wildman–Crippen MR) is 52.8 cm³/mol. The summed E-state index contributed by atoms with van der Waals surface area (Å²) < 4.78 is 0. The molecule has 1 aliphatic heterocycles. The smallest absolute Gasteiger partial charge is 0.165 e. The fraction of sp³-hybridized carbons (Fsp3) is 0.222. The highest BCUT2D eigenvalue weighted by Crippen LogP contribution is 2.38. The van der Waals surface area contributed by atoms with Crippen molar-refractivity contribution in [1.29, 1.82) is 0 Å². The van der Waals surface area contributed by atoms with Gasteiger partial charge in [-0.3, -0.25) is 4.79 Å². The summed E-state index contributed by atoms with van der Waals surface area (Å²) >= 11 is 7.22. The van der Waals surface area contributed by atoms with Gasteiger partial charge in [-0.05, 0) is 12.1 Å². The van der Waals surface area contributed by atoms with E-state index in [-0.39, 0.29) is 11.5 Å². The molecule has 68 valence electrons. The largest absolute Gasteiger partial charge is 0.507 e. The van der Waals surface area contributed by atoms with Crippen molar-refractivity contribution in [2.75, 3.05) is 5.75 Å². The van der Waals surface area contributed by atoms with E-state index in [4.69, 9.17) is 11.6 Å². The summed E-state index contributed by atoms with van der Waals surface area (Å²) in [4.78, 5) is 12.1. The number of ketones is 1. The summed E-state index contributed by atoms with van der Waals surface area (Å²) in [6.07, 6.45) is 0.525. The predicted octanol–water partition coefficient (Wildman–Crippen LogP) is 2.72. The van der Waals surface area contributed by atoms with E-state index in [1.165, 1.54) is 17.8 Å². The van der Waals surface area contributed by atoms with Gasteiger partial charge in [-0.1, -0.05) is 11.6 Å². The Kier molecular flexibility index (Phi) is 2.22. The van der Waals surface area contributed by atoms with Crippen LogP contribution in [0.1, 0.15) is 16.8 Å². The average molecular weight is 215 g/mol. The Bertz CT molecular complexity index is 376. The number of phenolic OH excluding ortho intramolecular Hbond substituents is 1. The number of carbonyl (C=O) groups is 1. The zero-order valence-electron chi connectivity index (χ0n) is 6.71. The van der Waals surface area contributed by atoms with Gasteiger partial charge in [0.1, 0.15) is 5.75 Å². The Morgan fingerprint density at radius 3 is 3.00 bits per heavy atom. The molecule has 1 heterocycles. The number of hydrogen-bond donors (Lipinski definition) is 1. The van der Waals surface area contributed by atoms with Crippen LogP contribution in [0.5, 0.6) is 5.75 Å². The number of phenols is 1. The second-order valence-corrected chi connectivity index (χ2v) is 4.36. The number of halogens is 1. The maximum absolute atomic E-state index is 11.4. The van der Waals surface area contributed by atoms with Gasteiger partial charge in [0.05, 0.1) is 4.90 Å². The molecule has 1 aromatic carbocycles. The van der Waals surface area contributed by atoms with Gasteiger partial charge in [0.15, 0.2) is 5.78 Å². The van der Waals surface area contributed by atoms with Crippen molar-refractivity contribution in [3.05, 3.63) is 22.7 Å². The van der Waals surface area contributed by atoms with E-state index in [0.29, 0.717) is 21.9 Å². The van der Waals surface area contributed by atoms with Gasteiger partial charge in [0.2, 0.25) is 0 Å². The first-order valence-electron chi connectivity index (χ1n) is 3.87. The molecule has 0 saturated carbocycles. The Labute approximate surface area is 84.9 Å². The van der Waals surface area contributed by atoms with E-state index >= 15 is 0 Å². The zero-order chi connectivity index (χ0) is 9.42. The molecule has 0 aromatic heterocycles. The van der Waals surface area contributed by atoms with Crippen molar-refractivity contribution in [3.63, 3.8) is 0 Å². The van der Waals surface area contributed by atoms with Crippen LogP contribution in [0.3, 0.4) is 0 Å². The van der Waals surface area contributed by atoms with Crippen LogP contribution in [0.4, 0.5) is 0 Å². The Morgan fingerprint density at radius 2 is 2.23 bits per heavy atom. The van der Waals surface area contributed by atoms with Gasteiger partial charge in [-0.2, -0.15) is 0 Å².